The van der Waals surface area contributed by atoms with Gasteiger partial charge in [-0.2, -0.15) is 0 Å². The van der Waals surface area contributed by atoms with Crippen molar-refractivity contribution in [2.75, 3.05) is 6.54 Å². The number of aryl methyl sites for hydroxylation is 2. The molecule has 2 rings (SSSR count). The maximum atomic E-state index is 5.72. The van der Waals surface area contributed by atoms with Crippen molar-refractivity contribution >= 4 is 10.9 Å². The van der Waals surface area contributed by atoms with Crippen LogP contribution in [0.15, 0.2) is 18.3 Å². The molecule has 0 unspecified atom stereocenters. The van der Waals surface area contributed by atoms with E-state index in [0.29, 0.717) is 12.5 Å². The Morgan fingerprint density at radius 2 is 1.83 bits per heavy atom. The predicted octanol–water partition coefficient (Wildman–Crippen LogP) is 3.42. The van der Waals surface area contributed by atoms with Crippen molar-refractivity contribution in [3.63, 3.8) is 0 Å². The number of nitrogens with zero attached hydrogens (tertiary/aromatic N) is 1. The predicted molar refractivity (Wildman–Crippen MR) is 79.0 cm³/mol. The van der Waals surface area contributed by atoms with Crippen molar-refractivity contribution in [2.24, 2.45) is 11.7 Å². The van der Waals surface area contributed by atoms with Gasteiger partial charge in [0.2, 0.25) is 0 Å². The third-order valence-electron chi connectivity index (χ3n) is 3.55. The molecule has 1 aromatic carbocycles. The number of hydrogen-bond donors (Lipinski definition) is 1. The lowest BCUT2D eigenvalue weighted by molar-refractivity contribution is 0.534. The maximum Gasteiger partial charge on any atom is 0.0486 e. The molecule has 0 aliphatic carbocycles. The molecule has 18 heavy (non-hydrogen) atoms. The Bertz CT molecular complexity index is 550. The Morgan fingerprint density at radius 1 is 1.17 bits per heavy atom. The van der Waals surface area contributed by atoms with Gasteiger partial charge in [-0.05, 0) is 61.6 Å². The van der Waals surface area contributed by atoms with Gasteiger partial charge in [0.1, 0.15) is 0 Å². The second-order valence-corrected chi connectivity index (χ2v) is 5.69. The topological polar surface area (TPSA) is 30.9 Å². The Kier molecular flexibility index (Phi) is 3.76. The fraction of sp³-hybridized carbons (Fsp3) is 0.500. The SMILES string of the molecule is Cc1cc2c(CCN)cn(CC(C)C)c2cc1C. The quantitative estimate of drug-likeness (QED) is 0.878. The smallest absolute Gasteiger partial charge is 0.0486 e. The molecule has 0 fully saturated rings. The minimum atomic E-state index is 0.660. The lowest BCUT2D eigenvalue weighted by Crippen LogP contribution is -2.04. The molecule has 0 atom stereocenters. The minimum Gasteiger partial charge on any atom is -0.347 e. The van der Waals surface area contributed by atoms with E-state index in [2.05, 4.69) is 50.6 Å². The molecule has 0 bridgehead atoms. The summed E-state index contributed by atoms with van der Waals surface area (Å²) in [6.07, 6.45) is 3.25. The number of fused-ring (bicyclic) bond motifs is 1. The number of rotatable bonds is 4. The van der Waals surface area contributed by atoms with E-state index in [-0.39, 0.29) is 0 Å². The summed E-state index contributed by atoms with van der Waals surface area (Å²) >= 11 is 0. The van der Waals surface area contributed by atoms with Crippen molar-refractivity contribution in [2.45, 2.75) is 40.7 Å². The Morgan fingerprint density at radius 3 is 2.44 bits per heavy atom. The van der Waals surface area contributed by atoms with Gasteiger partial charge in [0.15, 0.2) is 0 Å². The van der Waals surface area contributed by atoms with E-state index >= 15 is 0 Å². The number of benzene rings is 1. The number of aromatic nitrogens is 1. The first-order valence-corrected chi connectivity index (χ1v) is 6.82. The Balaban J connectivity index is 2.60. The van der Waals surface area contributed by atoms with E-state index in [1.807, 2.05) is 0 Å². The first-order chi connectivity index (χ1) is 8.52. The average molecular weight is 244 g/mol. The van der Waals surface area contributed by atoms with Crippen LogP contribution in [0.2, 0.25) is 0 Å². The summed E-state index contributed by atoms with van der Waals surface area (Å²) in [6, 6.07) is 4.62. The molecule has 0 amide bonds. The lowest BCUT2D eigenvalue weighted by atomic mass is 10.0. The van der Waals surface area contributed by atoms with E-state index in [4.69, 9.17) is 5.73 Å². The van der Waals surface area contributed by atoms with Gasteiger partial charge in [-0.1, -0.05) is 13.8 Å². The summed E-state index contributed by atoms with van der Waals surface area (Å²) in [5.41, 5.74) is 11.2. The normalized spacial score (nSPS) is 11.7. The van der Waals surface area contributed by atoms with E-state index in [9.17, 15) is 0 Å². The molecule has 1 aromatic heterocycles. The first kappa shape index (κ1) is 13.2. The molecule has 1 heterocycles. The largest absolute Gasteiger partial charge is 0.347 e. The molecule has 0 saturated carbocycles. The molecule has 98 valence electrons. The molecule has 0 radical (unpaired) electrons. The van der Waals surface area contributed by atoms with Gasteiger partial charge in [-0.15, -0.1) is 0 Å². The van der Waals surface area contributed by atoms with Crippen LogP contribution in [0, 0.1) is 19.8 Å². The minimum absolute atomic E-state index is 0.660. The zero-order valence-electron chi connectivity index (χ0n) is 12.0. The third kappa shape index (κ3) is 2.44. The van der Waals surface area contributed by atoms with Crippen molar-refractivity contribution < 1.29 is 0 Å². The van der Waals surface area contributed by atoms with Crippen LogP contribution < -0.4 is 5.73 Å². The molecule has 0 saturated heterocycles. The highest BCUT2D eigenvalue weighted by atomic mass is 15.0. The van der Waals surface area contributed by atoms with Crippen molar-refractivity contribution in [1.82, 2.24) is 4.57 Å². The molecular weight excluding hydrogens is 220 g/mol. The zero-order valence-corrected chi connectivity index (χ0v) is 12.0. The first-order valence-electron chi connectivity index (χ1n) is 6.82. The van der Waals surface area contributed by atoms with Crippen molar-refractivity contribution in [1.29, 1.82) is 0 Å². The highest BCUT2D eigenvalue weighted by molar-refractivity contribution is 5.85. The monoisotopic (exact) mass is 244 g/mol. The van der Waals surface area contributed by atoms with Crippen LogP contribution in [0.1, 0.15) is 30.5 Å². The Hall–Kier alpha value is -1.28. The second-order valence-electron chi connectivity index (χ2n) is 5.69. The highest BCUT2D eigenvalue weighted by Gasteiger charge is 2.10. The Labute approximate surface area is 110 Å². The number of hydrogen-bond acceptors (Lipinski definition) is 1. The summed E-state index contributed by atoms with van der Waals surface area (Å²) < 4.78 is 2.39. The lowest BCUT2D eigenvalue weighted by Gasteiger charge is -2.09. The van der Waals surface area contributed by atoms with Crippen LogP contribution in [-0.2, 0) is 13.0 Å². The maximum absolute atomic E-state index is 5.72. The van der Waals surface area contributed by atoms with Crippen LogP contribution in [0.4, 0.5) is 0 Å². The summed E-state index contributed by atoms with van der Waals surface area (Å²) in [7, 11) is 0. The van der Waals surface area contributed by atoms with Crippen molar-refractivity contribution in [3.05, 3.63) is 35.0 Å². The molecule has 0 aliphatic rings. The van der Waals surface area contributed by atoms with Gasteiger partial charge in [-0.3, -0.25) is 0 Å². The summed E-state index contributed by atoms with van der Waals surface area (Å²) in [6.45, 7) is 10.7. The molecular formula is C16H24N2. The zero-order chi connectivity index (χ0) is 13.3. The van der Waals surface area contributed by atoms with Gasteiger partial charge in [0.25, 0.3) is 0 Å². The number of nitrogens with two attached hydrogens (primary N) is 1. The molecule has 2 nitrogen and oxygen atoms in total. The fourth-order valence-corrected chi connectivity index (χ4v) is 2.52. The molecule has 2 aromatic rings. The summed E-state index contributed by atoms with van der Waals surface area (Å²) in [5.74, 6) is 0.660. The van der Waals surface area contributed by atoms with E-state index in [1.54, 1.807) is 0 Å². The van der Waals surface area contributed by atoms with E-state index in [0.717, 1.165) is 13.0 Å². The summed E-state index contributed by atoms with van der Waals surface area (Å²) in [5, 5.41) is 1.38. The molecule has 0 aliphatic heterocycles. The molecule has 2 heteroatoms. The third-order valence-corrected chi connectivity index (χ3v) is 3.55. The van der Waals surface area contributed by atoms with Gasteiger partial charge in [0.05, 0.1) is 0 Å². The van der Waals surface area contributed by atoms with Crippen LogP contribution in [0.5, 0.6) is 0 Å². The van der Waals surface area contributed by atoms with Gasteiger partial charge < -0.3 is 10.3 Å². The fourth-order valence-electron chi connectivity index (χ4n) is 2.52. The van der Waals surface area contributed by atoms with E-state index in [1.165, 1.54) is 27.6 Å². The van der Waals surface area contributed by atoms with Crippen molar-refractivity contribution in [3.8, 4) is 0 Å². The second kappa shape index (κ2) is 5.15. The molecule has 0 spiro atoms. The van der Waals surface area contributed by atoms with Gasteiger partial charge in [-0.25, -0.2) is 0 Å². The van der Waals surface area contributed by atoms with Crippen LogP contribution >= 0.6 is 0 Å². The van der Waals surface area contributed by atoms with E-state index < -0.39 is 0 Å². The summed E-state index contributed by atoms with van der Waals surface area (Å²) in [4.78, 5) is 0. The molecule has 2 N–H and O–H groups in total. The van der Waals surface area contributed by atoms with Crippen LogP contribution in [0.25, 0.3) is 10.9 Å². The standard InChI is InChI=1S/C16H24N2/c1-11(2)9-18-10-14(5-6-17)15-7-12(3)13(4)8-16(15)18/h7-8,10-11H,5-6,9,17H2,1-4H3. The van der Waals surface area contributed by atoms with Crippen LogP contribution in [-0.4, -0.2) is 11.1 Å². The van der Waals surface area contributed by atoms with Gasteiger partial charge >= 0.3 is 0 Å². The highest BCUT2D eigenvalue weighted by Crippen LogP contribution is 2.26. The average Bonchev–Trinajstić information content (AvgIpc) is 2.58. The van der Waals surface area contributed by atoms with Crippen LogP contribution in [0.3, 0.4) is 0 Å². The van der Waals surface area contributed by atoms with Gasteiger partial charge in [0, 0.05) is 23.6 Å².